The number of benzene rings is 3. The minimum absolute atomic E-state index is 0.00170. The third kappa shape index (κ3) is 13.2. The first kappa shape index (κ1) is 37.1. The van der Waals surface area contributed by atoms with Crippen molar-refractivity contribution in [2.45, 2.75) is 57.6 Å². The number of thioether (sulfide) groups is 1. The molecule has 13 nitrogen and oxygen atoms in total. The molecule has 0 fully saturated rings. The highest BCUT2D eigenvalue weighted by atomic mass is 32.2. The first-order valence-corrected chi connectivity index (χ1v) is 16.0. The average Bonchev–Trinajstić information content (AvgIpc) is 3.08. The van der Waals surface area contributed by atoms with E-state index >= 15 is 0 Å². The Morgan fingerprint density at radius 3 is 1.52 bits per heavy atom. The number of amides is 4. The summed E-state index contributed by atoms with van der Waals surface area (Å²) in [5.41, 5.74) is 2.19. The average molecular weight is 679 g/mol. The number of alkyl carbamates (subject to hydrolysis) is 2. The van der Waals surface area contributed by atoms with Crippen LogP contribution in [-0.2, 0) is 48.3 Å². The molecule has 0 spiro atoms. The second-order valence-corrected chi connectivity index (χ2v) is 11.7. The van der Waals surface area contributed by atoms with E-state index in [1.807, 2.05) is 12.1 Å². The molecule has 254 valence electrons. The molecule has 0 bridgehead atoms. The fourth-order valence-corrected chi connectivity index (χ4v) is 4.97. The van der Waals surface area contributed by atoms with Gasteiger partial charge in [0, 0.05) is 12.2 Å². The largest absolute Gasteiger partial charge is 0.480 e. The molecule has 4 amide bonds. The van der Waals surface area contributed by atoms with E-state index in [4.69, 9.17) is 9.47 Å². The van der Waals surface area contributed by atoms with Crippen LogP contribution in [-0.4, -0.2) is 70.1 Å². The molecule has 0 heterocycles. The number of carboxylic acid groups (broad SMARTS) is 1. The van der Waals surface area contributed by atoms with Crippen molar-refractivity contribution in [1.29, 1.82) is 0 Å². The third-order valence-electron chi connectivity index (χ3n) is 6.76. The summed E-state index contributed by atoms with van der Waals surface area (Å²) in [4.78, 5) is 75.4. The van der Waals surface area contributed by atoms with E-state index in [9.17, 15) is 33.9 Å². The lowest BCUT2D eigenvalue weighted by Gasteiger charge is -2.23. The molecule has 0 aliphatic heterocycles. The summed E-state index contributed by atoms with van der Waals surface area (Å²) < 4.78 is 10.3. The lowest BCUT2D eigenvalue weighted by Crippen LogP contribution is -2.56. The predicted octanol–water partition coefficient (Wildman–Crippen LogP) is 3.17. The second kappa shape index (κ2) is 19.3. The van der Waals surface area contributed by atoms with Gasteiger partial charge in [0.2, 0.25) is 16.9 Å². The van der Waals surface area contributed by atoms with Crippen molar-refractivity contribution < 1.29 is 43.3 Å². The molecule has 0 aromatic heterocycles. The molecule has 0 aliphatic carbocycles. The number of aliphatic carboxylic acids is 1. The van der Waals surface area contributed by atoms with Crippen LogP contribution in [0.2, 0.25) is 0 Å². The van der Waals surface area contributed by atoms with Gasteiger partial charge in [0.25, 0.3) is 0 Å². The van der Waals surface area contributed by atoms with Gasteiger partial charge in [-0.25, -0.2) is 14.4 Å². The zero-order valence-electron chi connectivity index (χ0n) is 26.4. The number of hydrogen-bond donors (Lipinski definition) is 5. The maximum Gasteiger partial charge on any atom is 0.408 e. The quantitative estimate of drug-likeness (QED) is 0.151. The van der Waals surface area contributed by atoms with E-state index in [0.717, 1.165) is 11.1 Å². The van der Waals surface area contributed by atoms with Crippen LogP contribution >= 0.6 is 11.8 Å². The number of carbonyl (C=O) groups is 6. The molecule has 0 radical (unpaired) electrons. The van der Waals surface area contributed by atoms with Crippen molar-refractivity contribution in [3.05, 3.63) is 108 Å². The Hall–Kier alpha value is -5.37. The van der Waals surface area contributed by atoms with Gasteiger partial charge in [-0.3, -0.25) is 14.4 Å². The Morgan fingerprint density at radius 1 is 0.604 bits per heavy atom. The van der Waals surface area contributed by atoms with Gasteiger partial charge in [0.1, 0.15) is 31.3 Å². The summed E-state index contributed by atoms with van der Waals surface area (Å²) >= 11 is 0.610. The number of hydrogen-bond acceptors (Lipinski definition) is 9. The predicted molar refractivity (Wildman–Crippen MR) is 178 cm³/mol. The lowest BCUT2D eigenvalue weighted by atomic mass is 10.0. The number of carboxylic acids is 1. The van der Waals surface area contributed by atoms with Gasteiger partial charge >= 0.3 is 18.2 Å². The van der Waals surface area contributed by atoms with E-state index in [1.165, 1.54) is 13.8 Å². The summed E-state index contributed by atoms with van der Waals surface area (Å²) in [5, 5.41) is 19.0. The van der Waals surface area contributed by atoms with Crippen LogP contribution in [0.3, 0.4) is 0 Å². The Balaban J connectivity index is 1.55. The first-order chi connectivity index (χ1) is 23.0. The number of nitrogens with one attached hydrogen (secondary N) is 4. The van der Waals surface area contributed by atoms with Crippen LogP contribution in [0, 0.1) is 0 Å². The van der Waals surface area contributed by atoms with E-state index < -0.39 is 59.3 Å². The van der Waals surface area contributed by atoms with Crippen molar-refractivity contribution in [3.63, 3.8) is 0 Å². The molecule has 0 saturated heterocycles. The van der Waals surface area contributed by atoms with Gasteiger partial charge in [-0.05, 0) is 30.5 Å². The second-order valence-electron chi connectivity index (χ2n) is 10.6. The molecule has 48 heavy (non-hydrogen) atoms. The Kier molecular flexibility index (Phi) is 14.9. The Labute approximate surface area is 282 Å². The van der Waals surface area contributed by atoms with Crippen molar-refractivity contribution >= 4 is 46.8 Å². The molecule has 4 atom stereocenters. The molecular weight excluding hydrogens is 640 g/mol. The summed E-state index contributed by atoms with van der Waals surface area (Å²) in [6.45, 7) is 2.82. The molecule has 5 N–H and O–H groups in total. The van der Waals surface area contributed by atoms with Gasteiger partial charge in [-0.1, -0.05) is 103 Å². The van der Waals surface area contributed by atoms with Gasteiger partial charge in [0.05, 0.1) is 6.04 Å². The summed E-state index contributed by atoms with van der Waals surface area (Å²) in [6.07, 6.45) is -1.66. The maximum absolute atomic E-state index is 13.3. The summed E-state index contributed by atoms with van der Waals surface area (Å²) in [7, 11) is 0. The highest BCUT2D eigenvalue weighted by Gasteiger charge is 2.30. The summed E-state index contributed by atoms with van der Waals surface area (Å²) in [5.74, 6) is -3.30. The van der Waals surface area contributed by atoms with Gasteiger partial charge < -0.3 is 35.8 Å². The van der Waals surface area contributed by atoms with Crippen molar-refractivity contribution in [2.75, 3.05) is 5.75 Å². The van der Waals surface area contributed by atoms with Crippen LogP contribution < -0.4 is 21.3 Å². The number of ether oxygens (including phenoxy) is 2. The fraction of sp³-hybridized carbons (Fsp3) is 0.294. The normalized spacial score (nSPS) is 13.0. The van der Waals surface area contributed by atoms with Gasteiger partial charge in [-0.15, -0.1) is 0 Å². The zero-order valence-corrected chi connectivity index (χ0v) is 27.2. The number of rotatable bonds is 16. The highest BCUT2D eigenvalue weighted by Crippen LogP contribution is 2.11. The molecule has 0 unspecified atom stereocenters. The van der Waals surface area contributed by atoms with Crippen LogP contribution in [0.15, 0.2) is 91.0 Å². The van der Waals surface area contributed by atoms with Crippen LogP contribution in [0.1, 0.15) is 30.5 Å². The monoisotopic (exact) mass is 678 g/mol. The molecule has 3 aromatic carbocycles. The number of carbonyl (C=O) groups excluding carboxylic acids is 5. The smallest absolute Gasteiger partial charge is 0.408 e. The van der Waals surface area contributed by atoms with Crippen molar-refractivity contribution in [3.8, 4) is 0 Å². The van der Waals surface area contributed by atoms with Crippen molar-refractivity contribution in [2.24, 2.45) is 0 Å². The molecule has 3 rings (SSSR count). The topological polar surface area (TPSA) is 189 Å². The van der Waals surface area contributed by atoms with Crippen molar-refractivity contribution in [1.82, 2.24) is 21.3 Å². The molecule has 0 aliphatic rings. The minimum atomic E-state index is -1.51. The molecule has 14 heteroatoms. The van der Waals surface area contributed by atoms with Gasteiger partial charge in [0.15, 0.2) is 0 Å². The summed E-state index contributed by atoms with van der Waals surface area (Å²) in [6, 6.07) is 21.8. The standard InChI is InChI=1S/C34H38N4O9S/c1-22(35-33(44)46-19-25-14-8-4-9-15-25)29(39)37-27(18-24-12-6-3-7-13-24)30(40)38-28(31(41)42)21-48-32(43)23(2)36-34(45)47-20-26-16-10-5-11-17-26/h3-17,22-23,27-28H,18-21H2,1-2H3,(H,35,44)(H,36,45)(H,37,39)(H,38,40)(H,41,42)/t22-,23-,27-,28-/m0/s1. The third-order valence-corrected chi connectivity index (χ3v) is 7.90. The van der Waals surface area contributed by atoms with Crippen LogP contribution in [0.4, 0.5) is 9.59 Å². The fourth-order valence-electron chi connectivity index (χ4n) is 4.10. The molecular formula is C34H38N4O9S. The van der Waals surface area contributed by atoms with Crippen LogP contribution in [0.5, 0.6) is 0 Å². The van der Waals surface area contributed by atoms with E-state index in [-0.39, 0.29) is 25.4 Å². The first-order valence-electron chi connectivity index (χ1n) is 15.0. The zero-order chi connectivity index (χ0) is 34.9. The Bertz CT molecular complexity index is 1530. The molecule has 0 saturated carbocycles. The van der Waals surface area contributed by atoms with E-state index in [0.29, 0.717) is 17.3 Å². The van der Waals surface area contributed by atoms with Gasteiger partial charge in [-0.2, -0.15) is 0 Å². The SMILES string of the molecule is C[C@H](NC(=O)OCc1ccccc1)C(=O)N[C@@H](Cc1ccccc1)C(=O)N[C@@H](CSC(=O)[C@H](C)NC(=O)OCc1ccccc1)C(=O)O. The maximum atomic E-state index is 13.3. The van der Waals surface area contributed by atoms with Crippen LogP contribution in [0.25, 0.3) is 0 Å². The molecule has 3 aromatic rings. The van der Waals surface area contributed by atoms with E-state index in [2.05, 4.69) is 21.3 Å². The minimum Gasteiger partial charge on any atom is -0.480 e. The Morgan fingerprint density at radius 2 is 1.04 bits per heavy atom. The highest BCUT2D eigenvalue weighted by molar-refractivity contribution is 8.13. The van der Waals surface area contributed by atoms with E-state index in [1.54, 1.807) is 78.9 Å². The lowest BCUT2D eigenvalue weighted by molar-refractivity contribution is -0.141.